The number of hydrogen-bond acceptors (Lipinski definition) is 6. The van der Waals surface area contributed by atoms with Gasteiger partial charge in [0.05, 0.1) is 28.2 Å². The summed E-state index contributed by atoms with van der Waals surface area (Å²) >= 11 is 1.58. The lowest BCUT2D eigenvalue weighted by Gasteiger charge is -2.36. The number of likely N-dealkylation sites (tertiary alicyclic amines) is 1. The Balaban J connectivity index is 1.48. The van der Waals surface area contributed by atoms with Crippen LogP contribution in [0.1, 0.15) is 70.7 Å². The highest BCUT2D eigenvalue weighted by Gasteiger charge is 2.53. The molecular weight excluding hydrogens is 507 g/mol. The van der Waals surface area contributed by atoms with Gasteiger partial charge in [-0.05, 0) is 42.7 Å². The first-order chi connectivity index (χ1) is 17.8. The van der Waals surface area contributed by atoms with E-state index in [9.17, 15) is 23.9 Å². The summed E-state index contributed by atoms with van der Waals surface area (Å²) in [4.78, 5) is 46.3. The molecule has 1 saturated heterocycles. The largest absolute Gasteiger partial charge is 0.391 e. The molecule has 10 heteroatoms. The number of carbonyl (C=O) groups is 3. The first kappa shape index (κ1) is 28.2. The third-order valence-electron chi connectivity index (χ3n) is 7.39. The number of aryl methyl sites for hydroxylation is 1. The van der Waals surface area contributed by atoms with Crippen LogP contribution in [-0.4, -0.2) is 63.1 Å². The Morgan fingerprint density at radius 3 is 2.39 bits per heavy atom. The Morgan fingerprint density at radius 1 is 1.21 bits per heavy atom. The summed E-state index contributed by atoms with van der Waals surface area (Å²) in [5.41, 5.74) is 2.12. The number of rotatable bonds is 8. The van der Waals surface area contributed by atoms with Crippen molar-refractivity contribution < 1.29 is 23.9 Å². The third kappa shape index (κ3) is 5.91. The Bertz CT molecular complexity index is 1190. The van der Waals surface area contributed by atoms with Gasteiger partial charge in [0.15, 0.2) is 5.67 Å². The van der Waals surface area contributed by atoms with Crippen molar-refractivity contribution in [2.75, 3.05) is 6.54 Å². The van der Waals surface area contributed by atoms with Gasteiger partial charge in [-0.1, -0.05) is 52.0 Å². The van der Waals surface area contributed by atoms with Gasteiger partial charge in [0.1, 0.15) is 12.1 Å². The van der Waals surface area contributed by atoms with Gasteiger partial charge in [-0.3, -0.25) is 14.4 Å². The van der Waals surface area contributed by atoms with E-state index in [4.69, 9.17) is 0 Å². The highest BCUT2D eigenvalue weighted by atomic mass is 32.1. The third-order valence-corrected chi connectivity index (χ3v) is 8.37. The summed E-state index contributed by atoms with van der Waals surface area (Å²) in [5, 5.41) is 16.0. The van der Waals surface area contributed by atoms with Crippen LogP contribution in [0.25, 0.3) is 10.4 Å². The standard InChI is InChI=1S/C28H37FN4O4S/c1-6-20(17-7-9-18(10-8-17)22-16(2)30-15-38-22)31-24(35)21-13-19(34)14-33(21)25(36)23(27(3,4)5)32-26(37)28(29)11-12-28/h7-10,15,19-21,23,34H,6,11-14H2,1-5H3,(H,31,35)(H,32,37)/t19-,20?,21+,23?/m1/s1. The summed E-state index contributed by atoms with van der Waals surface area (Å²) in [6.45, 7) is 9.24. The number of carbonyl (C=O) groups excluding carboxylic acids is 3. The zero-order valence-corrected chi connectivity index (χ0v) is 23.4. The van der Waals surface area contributed by atoms with E-state index in [0.29, 0.717) is 6.42 Å². The van der Waals surface area contributed by atoms with E-state index in [0.717, 1.165) is 21.7 Å². The van der Waals surface area contributed by atoms with Crippen molar-refractivity contribution in [2.45, 2.75) is 90.2 Å². The number of halogens is 1. The predicted molar refractivity (Wildman–Crippen MR) is 144 cm³/mol. The molecule has 1 saturated carbocycles. The molecule has 1 aliphatic carbocycles. The summed E-state index contributed by atoms with van der Waals surface area (Å²) in [7, 11) is 0. The maximum Gasteiger partial charge on any atom is 0.258 e. The van der Waals surface area contributed by atoms with Crippen molar-refractivity contribution >= 4 is 29.1 Å². The lowest BCUT2D eigenvalue weighted by molar-refractivity contribution is -0.145. The van der Waals surface area contributed by atoms with E-state index < -0.39 is 41.1 Å². The molecule has 38 heavy (non-hydrogen) atoms. The number of hydrogen-bond donors (Lipinski definition) is 3. The molecule has 0 spiro atoms. The number of aliphatic hydroxyl groups excluding tert-OH is 1. The Morgan fingerprint density at radius 2 is 1.87 bits per heavy atom. The average Bonchev–Trinajstić information content (AvgIpc) is 3.28. The molecule has 8 nitrogen and oxygen atoms in total. The maximum atomic E-state index is 14.4. The van der Waals surface area contributed by atoms with Crippen molar-refractivity contribution in [3.8, 4) is 10.4 Å². The molecule has 4 atom stereocenters. The van der Waals surface area contributed by atoms with Gasteiger partial charge in [0.25, 0.3) is 5.91 Å². The summed E-state index contributed by atoms with van der Waals surface area (Å²) in [6, 6.07) is 5.76. The van der Waals surface area contributed by atoms with Gasteiger partial charge in [-0.15, -0.1) is 11.3 Å². The summed E-state index contributed by atoms with van der Waals surface area (Å²) < 4.78 is 14.4. The number of amides is 3. The average molecular weight is 545 g/mol. The second-order valence-corrected chi connectivity index (χ2v) is 12.3. The van der Waals surface area contributed by atoms with Crippen LogP contribution in [0, 0.1) is 12.3 Å². The zero-order chi connectivity index (χ0) is 27.8. The molecule has 2 aliphatic rings. The van der Waals surface area contributed by atoms with E-state index in [1.165, 1.54) is 4.90 Å². The SMILES string of the molecule is CCC(NC(=O)[C@@H]1C[C@@H](O)CN1C(=O)C(NC(=O)C1(F)CC1)C(C)(C)C)c1ccc(-c2scnc2C)cc1. The van der Waals surface area contributed by atoms with Gasteiger partial charge in [-0.25, -0.2) is 9.37 Å². The second-order valence-electron chi connectivity index (χ2n) is 11.5. The lowest BCUT2D eigenvalue weighted by atomic mass is 9.85. The van der Waals surface area contributed by atoms with Crippen LogP contribution >= 0.6 is 11.3 Å². The van der Waals surface area contributed by atoms with Gasteiger partial charge >= 0.3 is 0 Å². The van der Waals surface area contributed by atoms with Crippen LogP contribution in [0.5, 0.6) is 0 Å². The van der Waals surface area contributed by atoms with Crippen molar-refractivity contribution in [3.05, 3.63) is 41.0 Å². The zero-order valence-electron chi connectivity index (χ0n) is 22.6. The van der Waals surface area contributed by atoms with E-state index in [-0.39, 0.29) is 37.8 Å². The minimum Gasteiger partial charge on any atom is -0.391 e. The Labute approximate surface area is 227 Å². The Kier molecular flexibility index (Phi) is 7.95. The number of nitrogens with one attached hydrogen (secondary N) is 2. The first-order valence-electron chi connectivity index (χ1n) is 13.1. The number of aromatic nitrogens is 1. The quantitative estimate of drug-likeness (QED) is 0.470. The molecule has 4 rings (SSSR count). The number of benzene rings is 1. The van der Waals surface area contributed by atoms with Crippen molar-refractivity contribution in [2.24, 2.45) is 5.41 Å². The van der Waals surface area contributed by atoms with Gasteiger partial charge < -0.3 is 20.6 Å². The number of nitrogens with zero attached hydrogens (tertiary/aromatic N) is 2. The van der Waals surface area contributed by atoms with Crippen molar-refractivity contribution in [1.29, 1.82) is 0 Å². The number of alkyl halides is 1. The first-order valence-corrected chi connectivity index (χ1v) is 14.0. The fourth-order valence-electron chi connectivity index (χ4n) is 4.85. The second kappa shape index (κ2) is 10.7. The van der Waals surface area contributed by atoms with Crippen LogP contribution in [0.15, 0.2) is 29.8 Å². The molecule has 1 aromatic carbocycles. The van der Waals surface area contributed by atoms with E-state index in [1.807, 2.05) is 43.6 Å². The number of β-amino-alcohol motifs (C(OH)–C–C–N with tert-alkyl or cyclic N) is 1. The molecule has 2 unspecified atom stereocenters. The number of aliphatic hydroxyl groups is 1. The molecule has 2 aromatic rings. The molecule has 2 heterocycles. The summed E-state index contributed by atoms with van der Waals surface area (Å²) in [6.07, 6.45) is 0.132. The van der Waals surface area contributed by atoms with Crippen LogP contribution in [0.4, 0.5) is 4.39 Å². The molecule has 206 valence electrons. The molecule has 1 aliphatic heterocycles. The molecule has 3 amide bonds. The van der Waals surface area contributed by atoms with Crippen LogP contribution < -0.4 is 10.6 Å². The fourth-order valence-corrected chi connectivity index (χ4v) is 5.66. The van der Waals surface area contributed by atoms with E-state index in [2.05, 4.69) is 15.6 Å². The number of thiazole rings is 1. The fraction of sp³-hybridized carbons (Fsp3) is 0.571. The highest BCUT2D eigenvalue weighted by Crippen LogP contribution is 2.40. The molecule has 0 radical (unpaired) electrons. The van der Waals surface area contributed by atoms with Gasteiger partial charge in [0.2, 0.25) is 11.8 Å². The topological polar surface area (TPSA) is 112 Å². The molecular formula is C28H37FN4O4S. The minimum absolute atomic E-state index is 0.0279. The van der Waals surface area contributed by atoms with Crippen molar-refractivity contribution in [3.63, 3.8) is 0 Å². The van der Waals surface area contributed by atoms with Gasteiger partial charge in [-0.2, -0.15) is 0 Å². The van der Waals surface area contributed by atoms with Crippen LogP contribution in [0.2, 0.25) is 0 Å². The predicted octanol–water partition coefficient (Wildman–Crippen LogP) is 3.68. The molecule has 3 N–H and O–H groups in total. The van der Waals surface area contributed by atoms with E-state index in [1.54, 1.807) is 32.1 Å². The Hall–Kier alpha value is -2.85. The highest BCUT2D eigenvalue weighted by molar-refractivity contribution is 7.13. The molecule has 2 fully saturated rings. The van der Waals surface area contributed by atoms with Crippen molar-refractivity contribution in [1.82, 2.24) is 20.5 Å². The van der Waals surface area contributed by atoms with Gasteiger partial charge in [0, 0.05) is 13.0 Å². The normalized spacial score (nSPS) is 22.0. The van der Waals surface area contributed by atoms with Crippen LogP contribution in [-0.2, 0) is 14.4 Å². The lowest BCUT2D eigenvalue weighted by Crippen LogP contribution is -2.59. The smallest absolute Gasteiger partial charge is 0.258 e. The monoisotopic (exact) mass is 544 g/mol. The summed E-state index contributed by atoms with van der Waals surface area (Å²) in [5.74, 6) is -1.66. The maximum absolute atomic E-state index is 14.4. The van der Waals surface area contributed by atoms with E-state index >= 15 is 0 Å². The minimum atomic E-state index is -1.92. The van der Waals surface area contributed by atoms with Crippen LogP contribution in [0.3, 0.4) is 0 Å². The molecule has 1 aromatic heterocycles. The molecule has 0 bridgehead atoms.